The largest absolute Gasteiger partial charge is 0.494 e. The summed E-state index contributed by atoms with van der Waals surface area (Å²) in [6.45, 7) is 4.17. The van der Waals surface area contributed by atoms with Crippen molar-refractivity contribution in [1.29, 1.82) is 0 Å². The fourth-order valence-corrected chi connectivity index (χ4v) is 2.08. The zero-order valence-corrected chi connectivity index (χ0v) is 12.9. The Hall–Kier alpha value is -1.84. The van der Waals surface area contributed by atoms with E-state index in [-0.39, 0.29) is 11.6 Å². The molecule has 1 aromatic rings. The number of halogens is 1. The Bertz CT molecular complexity index is 495. The summed E-state index contributed by atoms with van der Waals surface area (Å²) in [6, 6.07) is 3.34. The van der Waals surface area contributed by atoms with E-state index in [1.807, 2.05) is 0 Å². The minimum atomic E-state index is -0.423. The number of ether oxygens (including phenoxy) is 2. The molecule has 4 heteroatoms. The van der Waals surface area contributed by atoms with E-state index in [9.17, 15) is 9.18 Å². The van der Waals surface area contributed by atoms with Crippen LogP contribution >= 0.6 is 0 Å². The van der Waals surface area contributed by atoms with Gasteiger partial charge >= 0.3 is 5.97 Å². The third-order valence-corrected chi connectivity index (χ3v) is 3.18. The maximum absolute atomic E-state index is 14.4. The summed E-state index contributed by atoms with van der Waals surface area (Å²) in [4.78, 5) is 11.4. The van der Waals surface area contributed by atoms with Gasteiger partial charge in [0.05, 0.1) is 13.7 Å². The Balaban J connectivity index is 3.00. The molecule has 1 aromatic carbocycles. The molecule has 0 aliphatic rings. The Labute approximate surface area is 125 Å². The third-order valence-electron chi connectivity index (χ3n) is 3.18. The highest BCUT2D eigenvalue weighted by Gasteiger charge is 2.12. The van der Waals surface area contributed by atoms with Crippen molar-refractivity contribution >= 4 is 12.0 Å². The van der Waals surface area contributed by atoms with E-state index in [0.29, 0.717) is 24.2 Å². The maximum atomic E-state index is 14.4. The SMILES string of the molecule is CCCCCc1c(C=CC(=O)OCC)ccc(OC)c1F. The first-order valence-corrected chi connectivity index (χ1v) is 7.34. The molecular weight excluding hydrogens is 271 g/mol. The standard InChI is InChI=1S/C17H23FO3/c1-4-6-7-8-14-13(10-12-16(19)21-5-2)9-11-15(20-3)17(14)18/h9-12H,4-8H2,1-3H3. The lowest BCUT2D eigenvalue weighted by molar-refractivity contribution is -0.137. The predicted molar refractivity (Wildman–Crippen MR) is 81.8 cm³/mol. The van der Waals surface area contributed by atoms with Gasteiger partial charge in [-0.3, -0.25) is 0 Å². The number of methoxy groups -OCH3 is 1. The predicted octanol–water partition coefficient (Wildman–Crippen LogP) is 4.14. The van der Waals surface area contributed by atoms with E-state index in [1.54, 1.807) is 25.1 Å². The Morgan fingerprint density at radius 3 is 2.67 bits per heavy atom. The first kappa shape index (κ1) is 17.2. The first-order chi connectivity index (χ1) is 10.1. The summed E-state index contributed by atoms with van der Waals surface area (Å²) < 4.78 is 24.2. The Morgan fingerprint density at radius 1 is 1.29 bits per heavy atom. The van der Waals surface area contributed by atoms with Crippen molar-refractivity contribution in [3.63, 3.8) is 0 Å². The minimum absolute atomic E-state index is 0.231. The van der Waals surface area contributed by atoms with Crippen molar-refractivity contribution in [3.8, 4) is 5.75 Å². The lowest BCUT2D eigenvalue weighted by atomic mass is 9.99. The van der Waals surface area contributed by atoms with Crippen LogP contribution in [0.2, 0.25) is 0 Å². The van der Waals surface area contributed by atoms with Crippen molar-refractivity contribution in [1.82, 2.24) is 0 Å². The number of esters is 1. The van der Waals surface area contributed by atoms with Crippen LogP contribution in [0, 0.1) is 5.82 Å². The van der Waals surface area contributed by atoms with Gasteiger partial charge in [0.25, 0.3) is 0 Å². The molecule has 0 saturated carbocycles. The van der Waals surface area contributed by atoms with E-state index in [1.165, 1.54) is 13.2 Å². The molecule has 21 heavy (non-hydrogen) atoms. The number of hydrogen-bond acceptors (Lipinski definition) is 3. The molecule has 1 rings (SSSR count). The molecule has 0 fully saturated rings. The van der Waals surface area contributed by atoms with Crippen molar-refractivity contribution in [2.75, 3.05) is 13.7 Å². The molecule has 0 radical (unpaired) electrons. The van der Waals surface area contributed by atoms with Gasteiger partial charge in [-0.1, -0.05) is 25.8 Å². The number of carbonyl (C=O) groups excluding carboxylic acids is 1. The fraction of sp³-hybridized carbons (Fsp3) is 0.471. The van der Waals surface area contributed by atoms with Crippen LogP contribution in [0.5, 0.6) is 5.75 Å². The van der Waals surface area contributed by atoms with Gasteiger partial charge in [0.15, 0.2) is 11.6 Å². The van der Waals surface area contributed by atoms with Crippen LogP contribution < -0.4 is 4.74 Å². The Morgan fingerprint density at radius 2 is 2.05 bits per heavy atom. The molecule has 0 aliphatic carbocycles. The van der Waals surface area contributed by atoms with Crippen molar-refractivity contribution in [2.45, 2.75) is 39.5 Å². The van der Waals surface area contributed by atoms with Crippen LogP contribution in [-0.2, 0) is 16.0 Å². The minimum Gasteiger partial charge on any atom is -0.494 e. The van der Waals surface area contributed by atoms with E-state index >= 15 is 0 Å². The topological polar surface area (TPSA) is 35.5 Å². The number of unbranched alkanes of at least 4 members (excludes halogenated alkanes) is 2. The molecule has 0 bridgehead atoms. The highest BCUT2D eigenvalue weighted by atomic mass is 19.1. The monoisotopic (exact) mass is 294 g/mol. The molecule has 0 saturated heterocycles. The second-order valence-corrected chi connectivity index (χ2v) is 4.69. The van der Waals surface area contributed by atoms with Gasteiger partial charge < -0.3 is 9.47 Å². The molecule has 0 heterocycles. The zero-order chi connectivity index (χ0) is 15.7. The van der Waals surface area contributed by atoms with Crippen molar-refractivity contribution in [3.05, 3.63) is 35.2 Å². The summed E-state index contributed by atoms with van der Waals surface area (Å²) >= 11 is 0. The number of carbonyl (C=O) groups is 1. The molecule has 0 unspecified atom stereocenters. The highest BCUT2D eigenvalue weighted by molar-refractivity contribution is 5.87. The fourth-order valence-electron chi connectivity index (χ4n) is 2.08. The maximum Gasteiger partial charge on any atom is 0.330 e. The highest BCUT2D eigenvalue weighted by Crippen LogP contribution is 2.26. The number of benzene rings is 1. The van der Waals surface area contributed by atoms with Crippen LogP contribution in [0.25, 0.3) is 6.08 Å². The summed E-state index contributed by atoms with van der Waals surface area (Å²) in [6.07, 6.45) is 6.56. The van der Waals surface area contributed by atoms with Gasteiger partial charge in [-0.2, -0.15) is 0 Å². The third kappa shape index (κ3) is 5.21. The average Bonchev–Trinajstić information content (AvgIpc) is 2.48. The van der Waals surface area contributed by atoms with Crippen LogP contribution in [-0.4, -0.2) is 19.7 Å². The summed E-state index contributed by atoms with van der Waals surface area (Å²) in [5, 5.41) is 0. The molecule has 3 nitrogen and oxygen atoms in total. The summed E-state index contributed by atoms with van der Waals surface area (Å²) in [5.41, 5.74) is 1.28. The quantitative estimate of drug-likeness (QED) is 0.410. The molecule has 0 atom stereocenters. The van der Waals surface area contributed by atoms with Gasteiger partial charge in [-0.05, 0) is 43.0 Å². The molecule has 0 aliphatic heterocycles. The molecular formula is C17H23FO3. The second-order valence-electron chi connectivity index (χ2n) is 4.69. The van der Waals surface area contributed by atoms with Gasteiger partial charge in [0.2, 0.25) is 0 Å². The van der Waals surface area contributed by atoms with E-state index in [2.05, 4.69) is 6.92 Å². The van der Waals surface area contributed by atoms with Crippen LogP contribution in [0.1, 0.15) is 44.2 Å². The van der Waals surface area contributed by atoms with Gasteiger partial charge in [-0.25, -0.2) is 9.18 Å². The van der Waals surface area contributed by atoms with Crippen molar-refractivity contribution < 1.29 is 18.7 Å². The van der Waals surface area contributed by atoms with Crippen molar-refractivity contribution in [2.24, 2.45) is 0 Å². The van der Waals surface area contributed by atoms with E-state index in [0.717, 1.165) is 19.3 Å². The van der Waals surface area contributed by atoms with Crippen LogP contribution in [0.4, 0.5) is 4.39 Å². The summed E-state index contributed by atoms with van der Waals surface area (Å²) in [7, 11) is 1.45. The second kappa shape index (κ2) is 9.16. The molecule has 0 N–H and O–H groups in total. The van der Waals surface area contributed by atoms with Gasteiger partial charge in [0.1, 0.15) is 0 Å². The average molecular weight is 294 g/mol. The van der Waals surface area contributed by atoms with E-state index < -0.39 is 5.97 Å². The normalized spacial score (nSPS) is 10.9. The molecule has 0 spiro atoms. The zero-order valence-electron chi connectivity index (χ0n) is 12.9. The number of rotatable bonds is 8. The molecule has 116 valence electrons. The molecule has 0 amide bonds. The summed E-state index contributed by atoms with van der Waals surface area (Å²) in [5.74, 6) is -0.539. The lowest BCUT2D eigenvalue weighted by Gasteiger charge is -2.11. The Kier molecular flexibility index (Phi) is 7.51. The van der Waals surface area contributed by atoms with Crippen LogP contribution in [0.3, 0.4) is 0 Å². The van der Waals surface area contributed by atoms with Gasteiger partial charge in [-0.15, -0.1) is 0 Å². The lowest BCUT2D eigenvalue weighted by Crippen LogP contribution is -2.01. The molecule has 0 aromatic heterocycles. The van der Waals surface area contributed by atoms with Crippen LogP contribution in [0.15, 0.2) is 18.2 Å². The smallest absolute Gasteiger partial charge is 0.330 e. The van der Waals surface area contributed by atoms with E-state index in [4.69, 9.17) is 9.47 Å². The van der Waals surface area contributed by atoms with Gasteiger partial charge in [0, 0.05) is 6.08 Å². The number of hydrogen-bond donors (Lipinski definition) is 0. The first-order valence-electron chi connectivity index (χ1n) is 7.34.